The summed E-state index contributed by atoms with van der Waals surface area (Å²) in [7, 11) is 3.81. The first kappa shape index (κ1) is 26.3. The quantitative estimate of drug-likeness (QED) is 0.319. The van der Waals surface area contributed by atoms with E-state index in [1.807, 2.05) is 42.4 Å². The number of hydrogen-bond donors (Lipinski definition) is 0. The van der Waals surface area contributed by atoms with Crippen molar-refractivity contribution in [3.05, 3.63) is 59.2 Å². The van der Waals surface area contributed by atoms with E-state index in [-0.39, 0.29) is 18.1 Å². The molecule has 0 spiro atoms. The van der Waals surface area contributed by atoms with Crippen LogP contribution in [-0.4, -0.2) is 95.9 Å². The Labute approximate surface area is 242 Å². The zero-order valence-corrected chi connectivity index (χ0v) is 24.2. The van der Waals surface area contributed by atoms with E-state index >= 15 is 0 Å². The number of hydrogen-bond acceptors (Lipinski definition) is 8. The third kappa shape index (κ3) is 4.51. The van der Waals surface area contributed by atoms with Crippen molar-refractivity contribution in [3.63, 3.8) is 0 Å². The van der Waals surface area contributed by atoms with E-state index in [2.05, 4.69) is 36.9 Å². The fourth-order valence-corrected chi connectivity index (χ4v) is 6.05. The van der Waals surface area contributed by atoms with Gasteiger partial charge in [0, 0.05) is 69.7 Å². The molecule has 216 valence electrons. The summed E-state index contributed by atoms with van der Waals surface area (Å²) in [5.74, 6) is 0.788. The second-order valence-corrected chi connectivity index (χ2v) is 11.3. The van der Waals surface area contributed by atoms with Gasteiger partial charge in [-0.15, -0.1) is 0 Å². The van der Waals surface area contributed by atoms with Crippen molar-refractivity contribution in [1.82, 2.24) is 43.7 Å². The molecule has 0 unspecified atom stereocenters. The first-order valence-electron chi connectivity index (χ1n) is 14.5. The van der Waals surface area contributed by atoms with Gasteiger partial charge >= 0.3 is 5.69 Å². The standard InChI is InChI=1S/C30H34N10O2/c1-20-26(18-39(34-20)19-27(41)37-12-10-35(2)11-13-37)40-28-23-14-21(6-7-24(23)31-17-25(28)36(3)30(40)42)22-15-32-29(33-16-22)38-8-4-5-9-38/h6-7,14-18H,4-5,8-13,19H2,1-3H3. The number of anilines is 1. The van der Waals surface area contributed by atoms with Gasteiger partial charge in [-0.1, -0.05) is 6.07 Å². The molecule has 5 aromatic rings. The van der Waals surface area contributed by atoms with Crippen LogP contribution in [0.25, 0.3) is 38.8 Å². The largest absolute Gasteiger partial charge is 0.341 e. The lowest BCUT2D eigenvalue weighted by Gasteiger charge is -2.32. The molecule has 1 aromatic carbocycles. The number of pyridine rings is 1. The zero-order chi connectivity index (χ0) is 29.0. The van der Waals surface area contributed by atoms with E-state index < -0.39 is 0 Å². The van der Waals surface area contributed by atoms with E-state index in [4.69, 9.17) is 0 Å². The summed E-state index contributed by atoms with van der Waals surface area (Å²) >= 11 is 0. The predicted octanol–water partition coefficient (Wildman–Crippen LogP) is 2.21. The van der Waals surface area contributed by atoms with Crippen molar-refractivity contribution >= 4 is 33.8 Å². The Bertz CT molecular complexity index is 1860. The molecule has 0 radical (unpaired) electrons. The van der Waals surface area contributed by atoms with Crippen LogP contribution in [0.3, 0.4) is 0 Å². The van der Waals surface area contributed by atoms with Crippen LogP contribution < -0.4 is 10.6 Å². The lowest BCUT2D eigenvalue weighted by Crippen LogP contribution is -2.48. The average Bonchev–Trinajstić information content (AvgIpc) is 3.72. The molecule has 0 bridgehead atoms. The zero-order valence-electron chi connectivity index (χ0n) is 24.2. The molecule has 0 N–H and O–H groups in total. The minimum Gasteiger partial charge on any atom is -0.341 e. The normalized spacial score (nSPS) is 16.3. The number of imidazole rings is 1. The summed E-state index contributed by atoms with van der Waals surface area (Å²) in [6.07, 6.45) is 9.59. The minimum atomic E-state index is -0.198. The molecule has 7 rings (SSSR count). The second-order valence-electron chi connectivity index (χ2n) is 11.3. The maximum absolute atomic E-state index is 13.7. The number of likely N-dealkylation sites (N-methyl/N-ethyl adjacent to an activating group) is 1. The summed E-state index contributed by atoms with van der Waals surface area (Å²) in [5.41, 5.74) is 5.19. The Kier molecular flexibility index (Phi) is 6.49. The summed E-state index contributed by atoms with van der Waals surface area (Å²) < 4.78 is 4.94. The van der Waals surface area contributed by atoms with Crippen LogP contribution in [-0.2, 0) is 18.4 Å². The van der Waals surface area contributed by atoms with Gasteiger partial charge in [0.2, 0.25) is 11.9 Å². The van der Waals surface area contributed by atoms with E-state index in [1.54, 1.807) is 33.3 Å². The number of aromatic nitrogens is 7. The van der Waals surface area contributed by atoms with Crippen LogP contribution in [0, 0.1) is 6.92 Å². The van der Waals surface area contributed by atoms with Gasteiger partial charge < -0.3 is 14.7 Å². The van der Waals surface area contributed by atoms with Crippen molar-refractivity contribution in [3.8, 4) is 16.8 Å². The highest BCUT2D eigenvalue weighted by Crippen LogP contribution is 2.30. The number of benzene rings is 1. The van der Waals surface area contributed by atoms with Crippen LogP contribution in [0.5, 0.6) is 0 Å². The van der Waals surface area contributed by atoms with E-state index in [0.717, 1.165) is 59.7 Å². The molecule has 2 fully saturated rings. The molecule has 2 aliphatic rings. The fraction of sp³-hybridized carbons (Fsp3) is 0.400. The number of nitrogens with zero attached hydrogens (tertiary/aromatic N) is 10. The molecule has 2 aliphatic heterocycles. The Morgan fingerprint density at radius 1 is 0.905 bits per heavy atom. The Morgan fingerprint density at radius 2 is 1.64 bits per heavy atom. The molecule has 1 amide bonds. The van der Waals surface area contributed by atoms with Crippen molar-refractivity contribution < 1.29 is 4.79 Å². The number of amides is 1. The minimum absolute atomic E-state index is 0.0275. The van der Waals surface area contributed by atoms with Crippen molar-refractivity contribution in [2.75, 3.05) is 51.2 Å². The first-order valence-corrected chi connectivity index (χ1v) is 14.5. The van der Waals surface area contributed by atoms with Gasteiger partial charge in [0.05, 0.1) is 40.3 Å². The topological polar surface area (TPSA) is 110 Å². The van der Waals surface area contributed by atoms with E-state index in [9.17, 15) is 9.59 Å². The van der Waals surface area contributed by atoms with Crippen molar-refractivity contribution in [1.29, 1.82) is 0 Å². The number of carbonyl (C=O) groups is 1. The predicted molar refractivity (Wildman–Crippen MR) is 161 cm³/mol. The lowest BCUT2D eigenvalue weighted by molar-refractivity contribution is -0.133. The average molecular weight is 567 g/mol. The third-order valence-electron chi connectivity index (χ3n) is 8.56. The van der Waals surface area contributed by atoms with Gasteiger partial charge in [0.25, 0.3) is 0 Å². The van der Waals surface area contributed by atoms with Gasteiger partial charge in [-0.3, -0.25) is 23.6 Å². The number of carbonyl (C=O) groups excluding carboxylic acids is 1. The molecule has 4 aromatic heterocycles. The Balaban J connectivity index is 1.28. The van der Waals surface area contributed by atoms with Gasteiger partial charge in [0.15, 0.2) is 0 Å². The SMILES string of the molecule is Cc1nn(CC(=O)N2CCN(C)CC2)cc1-n1c(=O)n(C)c2cnc3ccc(-c4cnc(N5CCCC5)nc4)cc3c21. The van der Waals surface area contributed by atoms with Crippen LogP contribution in [0.1, 0.15) is 18.5 Å². The lowest BCUT2D eigenvalue weighted by atomic mass is 10.1. The number of aryl methyl sites for hydroxylation is 2. The highest BCUT2D eigenvalue weighted by molar-refractivity contribution is 6.04. The maximum Gasteiger partial charge on any atom is 0.333 e. The van der Waals surface area contributed by atoms with Crippen LogP contribution >= 0.6 is 0 Å². The molecular weight excluding hydrogens is 532 g/mol. The van der Waals surface area contributed by atoms with Crippen molar-refractivity contribution in [2.45, 2.75) is 26.3 Å². The molecule has 12 heteroatoms. The Morgan fingerprint density at radius 3 is 2.38 bits per heavy atom. The summed E-state index contributed by atoms with van der Waals surface area (Å²) in [4.78, 5) is 46.9. The molecular formula is C30H34N10O2. The molecule has 2 saturated heterocycles. The van der Waals surface area contributed by atoms with Gasteiger partial charge in [-0.25, -0.2) is 14.8 Å². The van der Waals surface area contributed by atoms with Crippen LogP contribution in [0.2, 0.25) is 0 Å². The summed E-state index contributed by atoms with van der Waals surface area (Å²) in [5, 5.41) is 5.47. The second kappa shape index (κ2) is 10.4. The number of rotatable bonds is 5. The van der Waals surface area contributed by atoms with Crippen LogP contribution in [0.15, 0.2) is 47.8 Å². The molecule has 0 saturated carbocycles. The molecule has 42 heavy (non-hydrogen) atoms. The molecule has 12 nitrogen and oxygen atoms in total. The van der Waals surface area contributed by atoms with E-state index in [0.29, 0.717) is 30.0 Å². The summed E-state index contributed by atoms with van der Waals surface area (Å²) in [6.45, 7) is 7.11. The van der Waals surface area contributed by atoms with Crippen molar-refractivity contribution in [2.24, 2.45) is 7.05 Å². The van der Waals surface area contributed by atoms with Crippen LogP contribution in [0.4, 0.5) is 5.95 Å². The molecule has 6 heterocycles. The van der Waals surface area contributed by atoms with Gasteiger partial charge in [0.1, 0.15) is 6.54 Å². The summed E-state index contributed by atoms with van der Waals surface area (Å²) in [6, 6.07) is 6.02. The maximum atomic E-state index is 13.7. The number of fused-ring (bicyclic) bond motifs is 3. The smallest absolute Gasteiger partial charge is 0.333 e. The molecule has 0 atom stereocenters. The first-order chi connectivity index (χ1) is 20.4. The van der Waals surface area contributed by atoms with Gasteiger partial charge in [-0.2, -0.15) is 5.10 Å². The van der Waals surface area contributed by atoms with Gasteiger partial charge in [-0.05, 0) is 44.5 Å². The monoisotopic (exact) mass is 566 g/mol. The third-order valence-corrected chi connectivity index (χ3v) is 8.56. The molecule has 0 aliphatic carbocycles. The number of piperazine rings is 1. The fourth-order valence-electron chi connectivity index (χ4n) is 6.05. The highest BCUT2D eigenvalue weighted by Gasteiger charge is 2.23. The Hall–Kier alpha value is -4.58. The van der Waals surface area contributed by atoms with E-state index in [1.165, 1.54) is 12.8 Å². The highest BCUT2D eigenvalue weighted by atomic mass is 16.2.